The van der Waals surface area contributed by atoms with Crippen molar-refractivity contribution in [2.75, 3.05) is 7.05 Å². The molecule has 0 spiro atoms. The summed E-state index contributed by atoms with van der Waals surface area (Å²) < 4.78 is 0. The summed E-state index contributed by atoms with van der Waals surface area (Å²) in [5.74, 6) is 1.20. The second-order valence-electron chi connectivity index (χ2n) is 4.39. The second-order valence-corrected chi connectivity index (χ2v) is 4.39. The van der Waals surface area contributed by atoms with Crippen LogP contribution in [0.1, 0.15) is 32.6 Å². The molecule has 0 aromatic rings. The third-order valence-corrected chi connectivity index (χ3v) is 3.61. The largest absolute Gasteiger partial charge is 0.300 e. The van der Waals surface area contributed by atoms with E-state index in [-0.39, 0.29) is 0 Å². The highest BCUT2D eigenvalue weighted by atomic mass is 16.1. The molecule has 0 radical (unpaired) electrons. The van der Waals surface area contributed by atoms with Gasteiger partial charge in [-0.15, -0.1) is 0 Å². The molecule has 0 aromatic heterocycles. The average Bonchev–Trinajstić information content (AvgIpc) is 2.01. The zero-order valence-corrected chi connectivity index (χ0v) is 7.92. The van der Waals surface area contributed by atoms with Crippen molar-refractivity contribution in [1.82, 2.24) is 4.90 Å². The van der Waals surface area contributed by atoms with Crippen molar-refractivity contribution >= 4 is 5.78 Å². The first kappa shape index (κ1) is 8.24. The third kappa shape index (κ3) is 1.18. The van der Waals surface area contributed by atoms with E-state index in [1.807, 2.05) is 0 Å². The van der Waals surface area contributed by atoms with Gasteiger partial charge in [0.15, 0.2) is 0 Å². The van der Waals surface area contributed by atoms with E-state index in [1.165, 1.54) is 12.8 Å². The molecule has 0 saturated carbocycles. The minimum atomic E-state index is 0.481. The smallest absolute Gasteiger partial charge is 0.136 e. The molecular weight excluding hydrogens is 150 g/mol. The molecule has 2 bridgehead atoms. The monoisotopic (exact) mass is 167 g/mol. The number of ketones is 1. The van der Waals surface area contributed by atoms with Crippen LogP contribution in [0.5, 0.6) is 0 Å². The zero-order chi connectivity index (χ0) is 8.72. The lowest BCUT2D eigenvalue weighted by Crippen LogP contribution is -2.53. The number of rotatable bonds is 0. The van der Waals surface area contributed by atoms with Crippen LogP contribution < -0.4 is 0 Å². The molecule has 68 valence electrons. The number of piperidine rings is 2. The number of hydrogen-bond acceptors (Lipinski definition) is 2. The van der Waals surface area contributed by atoms with Gasteiger partial charge >= 0.3 is 0 Å². The Morgan fingerprint density at radius 2 is 2.08 bits per heavy atom. The number of carbonyl (C=O) groups excluding carboxylic acids is 1. The Bertz CT molecular complexity index is 202. The van der Waals surface area contributed by atoms with Gasteiger partial charge < -0.3 is 0 Å². The quantitative estimate of drug-likeness (QED) is 0.544. The van der Waals surface area contributed by atoms with E-state index >= 15 is 0 Å². The van der Waals surface area contributed by atoms with Gasteiger partial charge in [0.05, 0.1) is 0 Å². The molecule has 2 nitrogen and oxygen atoms in total. The Balaban J connectivity index is 2.16. The molecule has 0 amide bonds. The Labute approximate surface area is 73.9 Å². The van der Waals surface area contributed by atoms with Crippen LogP contribution >= 0.6 is 0 Å². The van der Waals surface area contributed by atoms with Crippen LogP contribution in [-0.4, -0.2) is 29.8 Å². The summed E-state index contributed by atoms with van der Waals surface area (Å²) >= 11 is 0. The van der Waals surface area contributed by atoms with Gasteiger partial charge in [0, 0.05) is 24.9 Å². The Morgan fingerprint density at radius 3 is 2.83 bits per heavy atom. The Morgan fingerprint density at radius 1 is 1.33 bits per heavy atom. The van der Waals surface area contributed by atoms with Gasteiger partial charge in [0.25, 0.3) is 0 Å². The molecule has 0 aromatic carbocycles. The third-order valence-electron chi connectivity index (χ3n) is 3.61. The van der Waals surface area contributed by atoms with Crippen LogP contribution in [0.3, 0.4) is 0 Å². The molecular formula is C10H17NO. The summed E-state index contributed by atoms with van der Waals surface area (Å²) in [6, 6.07) is 1.11. The Hall–Kier alpha value is -0.370. The number of nitrogens with zero attached hydrogens (tertiary/aromatic N) is 1. The fraction of sp³-hybridized carbons (Fsp3) is 0.900. The topological polar surface area (TPSA) is 20.3 Å². The zero-order valence-electron chi connectivity index (χ0n) is 7.92. The molecule has 2 rings (SSSR count). The maximum atomic E-state index is 11.3. The van der Waals surface area contributed by atoms with Gasteiger partial charge in [-0.05, 0) is 25.8 Å². The highest BCUT2D eigenvalue weighted by Crippen LogP contribution is 2.34. The van der Waals surface area contributed by atoms with Crippen LogP contribution in [-0.2, 0) is 4.79 Å². The SMILES string of the molecule is CC1CCC2CC(=O)CC1N2C. The van der Waals surface area contributed by atoms with Crippen LogP contribution in [0.4, 0.5) is 0 Å². The predicted octanol–water partition coefficient (Wildman–Crippen LogP) is 1.45. The maximum Gasteiger partial charge on any atom is 0.136 e. The first-order valence-electron chi connectivity index (χ1n) is 4.92. The van der Waals surface area contributed by atoms with Crippen molar-refractivity contribution < 1.29 is 4.79 Å². The minimum Gasteiger partial charge on any atom is -0.300 e. The van der Waals surface area contributed by atoms with E-state index in [0.29, 0.717) is 17.9 Å². The van der Waals surface area contributed by atoms with Gasteiger partial charge in [-0.1, -0.05) is 6.92 Å². The molecule has 0 N–H and O–H groups in total. The molecule has 3 atom stereocenters. The molecule has 2 aliphatic heterocycles. The average molecular weight is 167 g/mol. The van der Waals surface area contributed by atoms with Gasteiger partial charge in [-0.3, -0.25) is 9.69 Å². The van der Waals surface area contributed by atoms with Crippen molar-refractivity contribution in [1.29, 1.82) is 0 Å². The van der Waals surface area contributed by atoms with E-state index in [1.54, 1.807) is 0 Å². The predicted molar refractivity (Wildman–Crippen MR) is 48.0 cm³/mol. The summed E-state index contributed by atoms with van der Waals surface area (Å²) in [6.07, 6.45) is 4.14. The van der Waals surface area contributed by atoms with Crippen LogP contribution in [0.25, 0.3) is 0 Å². The molecule has 2 heterocycles. The summed E-state index contributed by atoms with van der Waals surface area (Å²) in [5.41, 5.74) is 0. The van der Waals surface area contributed by atoms with E-state index < -0.39 is 0 Å². The minimum absolute atomic E-state index is 0.481. The van der Waals surface area contributed by atoms with Crippen molar-refractivity contribution in [3.63, 3.8) is 0 Å². The summed E-state index contributed by atoms with van der Waals surface area (Å²) in [4.78, 5) is 13.8. The van der Waals surface area contributed by atoms with Gasteiger partial charge in [0.1, 0.15) is 5.78 Å². The summed E-state index contributed by atoms with van der Waals surface area (Å²) in [5, 5.41) is 0. The van der Waals surface area contributed by atoms with E-state index in [0.717, 1.165) is 18.8 Å². The number of hydrogen-bond donors (Lipinski definition) is 0. The maximum absolute atomic E-state index is 11.3. The van der Waals surface area contributed by atoms with Crippen molar-refractivity contribution in [3.8, 4) is 0 Å². The van der Waals surface area contributed by atoms with E-state index in [9.17, 15) is 4.79 Å². The highest BCUT2D eigenvalue weighted by Gasteiger charge is 2.38. The van der Waals surface area contributed by atoms with Crippen LogP contribution in [0.15, 0.2) is 0 Å². The fourth-order valence-electron chi connectivity index (χ4n) is 2.69. The van der Waals surface area contributed by atoms with Crippen molar-refractivity contribution in [3.05, 3.63) is 0 Å². The lowest BCUT2D eigenvalue weighted by molar-refractivity contribution is -0.127. The molecule has 12 heavy (non-hydrogen) atoms. The van der Waals surface area contributed by atoms with E-state index in [4.69, 9.17) is 0 Å². The first-order valence-corrected chi connectivity index (χ1v) is 4.92. The van der Waals surface area contributed by atoms with Crippen LogP contribution in [0.2, 0.25) is 0 Å². The highest BCUT2D eigenvalue weighted by molar-refractivity contribution is 5.80. The number of carbonyl (C=O) groups is 1. The molecule has 3 unspecified atom stereocenters. The standard InChI is InChI=1S/C10H17NO/c1-7-3-4-8-5-9(12)6-10(7)11(8)2/h7-8,10H,3-6H2,1-2H3. The number of fused-ring (bicyclic) bond motifs is 2. The fourth-order valence-corrected chi connectivity index (χ4v) is 2.69. The summed E-state index contributed by atoms with van der Waals surface area (Å²) in [6.45, 7) is 2.27. The van der Waals surface area contributed by atoms with Gasteiger partial charge in [0.2, 0.25) is 0 Å². The molecule has 2 saturated heterocycles. The molecule has 2 heteroatoms. The normalized spacial score (nSPS) is 43.2. The molecule has 2 fully saturated rings. The van der Waals surface area contributed by atoms with Crippen molar-refractivity contribution in [2.45, 2.75) is 44.7 Å². The van der Waals surface area contributed by atoms with Gasteiger partial charge in [-0.25, -0.2) is 0 Å². The van der Waals surface area contributed by atoms with E-state index in [2.05, 4.69) is 18.9 Å². The first-order chi connectivity index (χ1) is 5.68. The second kappa shape index (κ2) is 2.84. The lowest BCUT2D eigenvalue weighted by Gasteiger charge is -2.46. The number of Topliss-reactive ketones (excluding diaryl/α,β-unsaturated/α-hetero) is 1. The van der Waals surface area contributed by atoms with Gasteiger partial charge in [-0.2, -0.15) is 0 Å². The van der Waals surface area contributed by atoms with Crippen LogP contribution in [0, 0.1) is 5.92 Å². The summed E-state index contributed by atoms with van der Waals surface area (Å²) in [7, 11) is 2.18. The molecule has 2 aliphatic rings. The lowest BCUT2D eigenvalue weighted by atomic mass is 9.78. The van der Waals surface area contributed by atoms with Crippen molar-refractivity contribution in [2.24, 2.45) is 5.92 Å². The Kier molecular flexibility index (Phi) is 1.95. The molecule has 0 aliphatic carbocycles.